The van der Waals surface area contributed by atoms with Crippen LogP contribution in [-0.4, -0.2) is 75.1 Å². The van der Waals surface area contributed by atoms with Crippen LogP contribution in [0.4, 0.5) is 4.79 Å². The van der Waals surface area contributed by atoms with E-state index in [9.17, 15) is 9.59 Å². The topological polar surface area (TPSA) is 90.0 Å². The first-order chi connectivity index (χ1) is 14.1. The predicted molar refractivity (Wildman–Crippen MR) is 109 cm³/mol. The second-order valence-corrected chi connectivity index (χ2v) is 7.12. The summed E-state index contributed by atoms with van der Waals surface area (Å²) in [6.45, 7) is 7.43. The zero-order chi connectivity index (χ0) is 21.1. The summed E-state index contributed by atoms with van der Waals surface area (Å²) in [5, 5.41) is 2.91. The van der Waals surface area contributed by atoms with Crippen molar-refractivity contribution in [1.29, 1.82) is 0 Å². The Balaban J connectivity index is 1.94. The van der Waals surface area contributed by atoms with Crippen molar-refractivity contribution in [3.05, 3.63) is 29.1 Å². The van der Waals surface area contributed by atoms with E-state index in [1.807, 2.05) is 26.0 Å². The van der Waals surface area contributed by atoms with Gasteiger partial charge in [-0.2, -0.15) is 0 Å². The molecule has 1 saturated heterocycles. The van der Waals surface area contributed by atoms with Gasteiger partial charge in [-0.15, -0.1) is 0 Å². The third-order valence-corrected chi connectivity index (χ3v) is 4.84. The highest BCUT2D eigenvalue weighted by Crippen LogP contribution is 2.29. The van der Waals surface area contributed by atoms with Gasteiger partial charge in [-0.05, 0) is 38.3 Å². The zero-order valence-electron chi connectivity index (χ0n) is 17.7. The summed E-state index contributed by atoms with van der Waals surface area (Å²) in [6, 6.07) is 3.69. The molecule has 0 unspecified atom stereocenters. The number of piperidine rings is 1. The average Bonchev–Trinajstić information content (AvgIpc) is 2.73. The number of rotatable bonds is 10. The quantitative estimate of drug-likeness (QED) is 0.600. The molecule has 162 valence electrons. The van der Waals surface area contributed by atoms with E-state index in [0.29, 0.717) is 45.0 Å². The van der Waals surface area contributed by atoms with E-state index >= 15 is 0 Å². The molecule has 2 rings (SSSR count). The van der Waals surface area contributed by atoms with Crippen molar-refractivity contribution in [2.75, 3.05) is 53.2 Å². The molecule has 1 aromatic rings. The maximum Gasteiger partial charge on any atom is 0.409 e. The second kappa shape index (κ2) is 12.4. The summed E-state index contributed by atoms with van der Waals surface area (Å²) in [6.07, 6.45) is 2.13. The minimum absolute atomic E-state index is 0.131. The van der Waals surface area contributed by atoms with Gasteiger partial charge in [-0.3, -0.25) is 9.78 Å². The van der Waals surface area contributed by atoms with E-state index in [0.717, 1.165) is 30.7 Å². The minimum atomic E-state index is -0.317. The van der Waals surface area contributed by atoms with Gasteiger partial charge in [0.15, 0.2) is 0 Å². The van der Waals surface area contributed by atoms with E-state index < -0.39 is 0 Å². The fourth-order valence-electron chi connectivity index (χ4n) is 3.30. The molecule has 1 aliphatic heterocycles. The molecule has 1 aliphatic rings. The molecule has 0 spiro atoms. The van der Waals surface area contributed by atoms with Gasteiger partial charge in [0.1, 0.15) is 6.61 Å². The van der Waals surface area contributed by atoms with Crippen molar-refractivity contribution in [2.45, 2.75) is 39.0 Å². The third kappa shape index (κ3) is 7.29. The normalized spacial score (nSPS) is 14.7. The van der Waals surface area contributed by atoms with Crippen molar-refractivity contribution in [1.82, 2.24) is 15.2 Å². The van der Waals surface area contributed by atoms with E-state index in [1.54, 1.807) is 12.0 Å². The largest absolute Gasteiger partial charge is 0.447 e. The Morgan fingerprint density at radius 3 is 2.62 bits per heavy atom. The number of carbonyl (C=O) groups is 2. The number of hydrogen-bond acceptors (Lipinski definition) is 6. The van der Waals surface area contributed by atoms with Crippen LogP contribution in [0.2, 0.25) is 0 Å². The van der Waals surface area contributed by atoms with Crippen molar-refractivity contribution >= 4 is 12.0 Å². The molecule has 8 heteroatoms. The summed E-state index contributed by atoms with van der Waals surface area (Å²) in [5.41, 5.74) is 2.29. The number of aromatic nitrogens is 1. The predicted octanol–water partition coefficient (Wildman–Crippen LogP) is 2.51. The average molecular weight is 408 g/mol. The first-order valence-electron chi connectivity index (χ1n) is 10.3. The number of nitrogens with one attached hydrogen (secondary N) is 1. The highest BCUT2D eigenvalue weighted by Gasteiger charge is 2.28. The van der Waals surface area contributed by atoms with Crippen LogP contribution in [0, 0.1) is 6.92 Å². The molecule has 1 N–H and O–H groups in total. The molecule has 0 radical (unpaired) electrons. The Labute approximate surface area is 172 Å². The lowest BCUT2D eigenvalue weighted by Crippen LogP contribution is -2.39. The molecule has 1 fully saturated rings. The molecule has 2 amide bonds. The number of ether oxygens (including phenoxy) is 3. The molecule has 0 aromatic carbocycles. The van der Waals surface area contributed by atoms with Crippen LogP contribution in [0.3, 0.4) is 0 Å². The van der Waals surface area contributed by atoms with Gasteiger partial charge in [0.05, 0.1) is 24.5 Å². The number of amides is 2. The van der Waals surface area contributed by atoms with Crippen molar-refractivity contribution in [2.24, 2.45) is 0 Å². The summed E-state index contributed by atoms with van der Waals surface area (Å²) in [4.78, 5) is 31.1. The Morgan fingerprint density at radius 1 is 1.17 bits per heavy atom. The number of pyridine rings is 1. The third-order valence-electron chi connectivity index (χ3n) is 4.84. The first-order valence-corrected chi connectivity index (χ1v) is 10.3. The fourth-order valence-corrected chi connectivity index (χ4v) is 3.30. The molecule has 8 nitrogen and oxygen atoms in total. The van der Waals surface area contributed by atoms with Crippen LogP contribution >= 0.6 is 0 Å². The summed E-state index contributed by atoms with van der Waals surface area (Å²) < 4.78 is 15.5. The molecule has 0 bridgehead atoms. The second-order valence-electron chi connectivity index (χ2n) is 7.12. The van der Waals surface area contributed by atoms with Crippen LogP contribution in [0.1, 0.15) is 53.8 Å². The van der Waals surface area contributed by atoms with Crippen LogP contribution in [0.15, 0.2) is 12.1 Å². The van der Waals surface area contributed by atoms with Crippen molar-refractivity contribution in [3.63, 3.8) is 0 Å². The molecular formula is C21H33N3O5. The molecular weight excluding hydrogens is 374 g/mol. The molecule has 1 aromatic heterocycles. The number of hydrogen-bond donors (Lipinski definition) is 1. The lowest BCUT2D eigenvalue weighted by atomic mass is 9.90. The molecule has 2 heterocycles. The molecule has 0 atom stereocenters. The van der Waals surface area contributed by atoms with E-state index in [-0.39, 0.29) is 24.5 Å². The molecule has 0 aliphatic carbocycles. The standard InChI is InChI=1S/C21H33N3O5/c1-4-12-28-13-9-22-20(25)18-6-5-16(2)23-19(18)17-7-10-24(11-8-17)21(26)29-15-14-27-3/h5-6,17H,4,7-15H2,1-3H3,(H,22,25). The van der Waals surface area contributed by atoms with Gasteiger partial charge in [-0.25, -0.2) is 4.79 Å². The van der Waals surface area contributed by atoms with E-state index in [4.69, 9.17) is 14.2 Å². The van der Waals surface area contributed by atoms with E-state index in [2.05, 4.69) is 10.3 Å². The lowest BCUT2D eigenvalue weighted by molar-refractivity contribution is 0.0656. The van der Waals surface area contributed by atoms with Gasteiger partial charge in [0.25, 0.3) is 5.91 Å². The molecule has 29 heavy (non-hydrogen) atoms. The summed E-state index contributed by atoms with van der Waals surface area (Å²) >= 11 is 0. The fraction of sp³-hybridized carbons (Fsp3) is 0.667. The number of carbonyl (C=O) groups excluding carboxylic acids is 2. The number of likely N-dealkylation sites (tertiary alicyclic amines) is 1. The summed E-state index contributed by atoms with van der Waals surface area (Å²) in [5.74, 6) is 0.00372. The van der Waals surface area contributed by atoms with Gasteiger partial charge >= 0.3 is 6.09 Å². The smallest absolute Gasteiger partial charge is 0.409 e. The van der Waals surface area contributed by atoms with E-state index in [1.165, 1.54) is 0 Å². The van der Waals surface area contributed by atoms with Crippen LogP contribution in [0.25, 0.3) is 0 Å². The highest BCUT2D eigenvalue weighted by atomic mass is 16.6. The van der Waals surface area contributed by atoms with Crippen LogP contribution in [-0.2, 0) is 14.2 Å². The van der Waals surface area contributed by atoms with Gasteiger partial charge < -0.3 is 24.4 Å². The maximum atomic E-state index is 12.7. The van der Waals surface area contributed by atoms with Crippen molar-refractivity contribution in [3.8, 4) is 0 Å². The first kappa shape index (κ1) is 23.1. The number of nitrogens with zero attached hydrogens (tertiary/aromatic N) is 2. The maximum absolute atomic E-state index is 12.7. The Kier molecular flexibility index (Phi) is 9.87. The van der Waals surface area contributed by atoms with Crippen molar-refractivity contribution < 1.29 is 23.8 Å². The Bertz CT molecular complexity index is 660. The van der Waals surface area contributed by atoms with Gasteiger partial charge in [-0.1, -0.05) is 6.92 Å². The van der Waals surface area contributed by atoms with Crippen LogP contribution < -0.4 is 5.32 Å². The number of methoxy groups -OCH3 is 1. The highest BCUT2D eigenvalue weighted by molar-refractivity contribution is 5.95. The lowest BCUT2D eigenvalue weighted by Gasteiger charge is -2.31. The summed E-state index contributed by atoms with van der Waals surface area (Å²) in [7, 11) is 1.57. The minimum Gasteiger partial charge on any atom is -0.447 e. The SMILES string of the molecule is CCCOCCNC(=O)c1ccc(C)nc1C1CCN(C(=O)OCCOC)CC1. The zero-order valence-corrected chi connectivity index (χ0v) is 17.7. The monoisotopic (exact) mass is 407 g/mol. The Morgan fingerprint density at radius 2 is 1.93 bits per heavy atom. The van der Waals surface area contributed by atoms with Crippen LogP contribution in [0.5, 0.6) is 0 Å². The number of aryl methyl sites for hydroxylation is 1. The van der Waals surface area contributed by atoms with Gasteiger partial charge in [0, 0.05) is 45.0 Å². The van der Waals surface area contributed by atoms with Gasteiger partial charge in [0.2, 0.25) is 0 Å². The Hall–Kier alpha value is -2.19. The molecule has 0 saturated carbocycles.